The van der Waals surface area contributed by atoms with Crippen molar-refractivity contribution in [1.82, 2.24) is 24.8 Å². The van der Waals surface area contributed by atoms with Crippen molar-refractivity contribution in [2.24, 2.45) is 0 Å². The van der Waals surface area contributed by atoms with Crippen LogP contribution in [0.2, 0.25) is 0 Å². The van der Waals surface area contributed by atoms with Crippen LogP contribution in [0.4, 0.5) is 0 Å². The number of aryl methyl sites for hydroxylation is 3. The molecular formula is C26H33N5O4. The molecule has 35 heavy (non-hydrogen) atoms. The van der Waals surface area contributed by atoms with Gasteiger partial charge < -0.3 is 18.7 Å². The number of likely N-dealkylation sites (tertiary alicyclic amines) is 1. The summed E-state index contributed by atoms with van der Waals surface area (Å²) in [6, 6.07) is 3.74. The van der Waals surface area contributed by atoms with Crippen LogP contribution in [0, 0.1) is 20.8 Å². The van der Waals surface area contributed by atoms with Crippen LogP contribution in [-0.2, 0) is 4.79 Å². The Hall–Kier alpha value is -3.20. The summed E-state index contributed by atoms with van der Waals surface area (Å²) in [4.78, 5) is 37.1. The summed E-state index contributed by atoms with van der Waals surface area (Å²) in [5.41, 5.74) is 3.00. The van der Waals surface area contributed by atoms with Gasteiger partial charge in [0, 0.05) is 44.8 Å². The van der Waals surface area contributed by atoms with Gasteiger partial charge in [-0.2, -0.15) is 0 Å². The van der Waals surface area contributed by atoms with Gasteiger partial charge in [-0.15, -0.1) is 0 Å². The molecule has 2 fully saturated rings. The van der Waals surface area contributed by atoms with Crippen LogP contribution in [0.15, 0.2) is 21.1 Å². The zero-order valence-corrected chi connectivity index (χ0v) is 20.8. The lowest BCUT2D eigenvalue weighted by Crippen LogP contribution is -2.51. The molecule has 0 radical (unpaired) electrons. The highest BCUT2D eigenvalue weighted by atomic mass is 16.5. The van der Waals surface area contributed by atoms with E-state index in [0.29, 0.717) is 60.8 Å². The molecule has 2 aliphatic rings. The van der Waals surface area contributed by atoms with Crippen molar-refractivity contribution in [3.8, 4) is 11.3 Å². The highest BCUT2D eigenvalue weighted by molar-refractivity contribution is 6.07. The van der Waals surface area contributed by atoms with Gasteiger partial charge in [-0.1, -0.05) is 18.0 Å². The highest BCUT2D eigenvalue weighted by Gasteiger charge is 2.28. The Kier molecular flexibility index (Phi) is 6.60. The van der Waals surface area contributed by atoms with E-state index in [2.05, 4.69) is 15.0 Å². The Morgan fingerprint density at radius 1 is 0.914 bits per heavy atom. The fourth-order valence-electron chi connectivity index (χ4n) is 5.18. The number of carbonyl (C=O) groups excluding carboxylic acids is 2. The number of amides is 2. The number of pyridine rings is 1. The smallest absolute Gasteiger partial charge is 0.259 e. The fourth-order valence-corrected chi connectivity index (χ4v) is 5.18. The van der Waals surface area contributed by atoms with E-state index < -0.39 is 0 Å². The number of hydrogen-bond acceptors (Lipinski definition) is 7. The first-order valence-corrected chi connectivity index (χ1v) is 12.5. The Morgan fingerprint density at radius 3 is 2.29 bits per heavy atom. The molecule has 9 heteroatoms. The van der Waals surface area contributed by atoms with Crippen LogP contribution >= 0.6 is 0 Å². The highest BCUT2D eigenvalue weighted by Crippen LogP contribution is 2.31. The average molecular weight is 480 g/mol. The maximum Gasteiger partial charge on any atom is 0.259 e. The van der Waals surface area contributed by atoms with Crippen molar-refractivity contribution in [3.05, 3.63) is 34.9 Å². The van der Waals surface area contributed by atoms with Gasteiger partial charge >= 0.3 is 0 Å². The van der Waals surface area contributed by atoms with E-state index in [9.17, 15) is 9.59 Å². The molecule has 0 unspecified atom stereocenters. The quantitative estimate of drug-likeness (QED) is 0.564. The molecule has 5 rings (SSSR count). The van der Waals surface area contributed by atoms with Crippen LogP contribution in [0.3, 0.4) is 0 Å². The van der Waals surface area contributed by atoms with Crippen LogP contribution in [0.25, 0.3) is 22.4 Å². The predicted octanol–water partition coefficient (Wildman–Crippen LogP) is 3.57. The Morgan fingerprint density at radius 2 is 1.63 bits per heavy atom. The molecule has 0 aromatic carbocycles. The summed E-state index contributed by atoms with van der Waals surface area (Å²) in [6.45, 7) is 10.2. The number of aromatic nitrogens is 2. The van der Waals surface area contributed by atoms with E-state index in [1.165, 1.54) is 12.8 Å². The van der Waals surface area contributed by atoms with Crippen LogP contribution in [-0.4, -0.2) is 82.5 Å². The predicted molar refractivity (Wildman–Crippen MR) is 131 cm³/mol. The second-order valence-corrected chi connectivity index (χ2v) is 9.69. The molecule has 0 atom stereocenters. The maximum atomic E-state index is 13.7. The van der Waals surface area contributed by atoms with Crippen molar-refractivity contribution < 1.29 is 18.5 Å². The van der Waals surface area contributed by atoms with E-state index in [-0.39, 0.29) is 11.8 Å². The first kappa shape index (κ1) is 23.5. The van der Waals surface area contributed by atoms with Crippen LogP contribution < -0.4 is 0 Å². The second kappa shape index (κ2) is 9.81. The lowest BCUT2D eigenvalue weighted by atomic mass is 10.0. The summed E-state index contributed by atoms with van der Waals surface area (Å²) in [5.74, 6) is 1.66. The number of nitrogens with zero attached hydrogens (tertiary/aromatic N) is 5. The van der Waals surface area contributed by atoms with Crippen molar-refractivity contribution in [2.45, 2.75) is 46.5 Å². The SMILES string of the molecule is Cc1cc(-c2cc(C(=O)N3CCN(CC(=O)N4CCCCCC4)CC3)c3c(C)noc3n2)c(C)o1. The minimum Gasteiger partial charge on any atom is -0.466 e. The summed E-state index contributed by atoms with van der Waals surface area (Å²) in [5, 5.41) is 4.71. The maximum absolute atomic E-state index is 13.7. The van der Waals surface area contributed by atoms with Gasteiger partial charge in [-0.25, -0.2) is 4.98 Å². The summed E-state index contributed by atoms with van der Waals surface area (Å²) in [6.07, 6.45) is 4.60. The van der Waals surface area contributed by atoms with Gasteiger partial charge in [-0.3, -0.25) is 14.5 Å². The molecule has 3 aromatic heterocycles. The molecule has 9 nitrogen and oxygen atoms in total. The van der Waals surface area contributed by atoms with Gasteiger partial charge in [0.2, 0.25) is 5.91 Å². The number of rotatable bonds is 4. The van der Waals surface area contributed by atoms with Crippen molar-refractivity contribution in [1.29, 1.82) is 0 Å². The van der Waals surface area contributed by atoms with Gasteiger partial charge in [-0.05, 0) is 45.7 Å². The number of piperazine rings is 1. The first-order valence-electron chi connectivity index (χ1n) is 12.5. The molecule has 2 saturated heterocycles. The van der Waals surface area contributed by atoms with E-state index in [1.807, 2.05) is 42.7 Å². The van der Waals surface area contributed by atoms with Gasteiger partial charge in [0.25, 0.3) is 11.6 Å². The Labute approximate surface area is 205 Å². The van der Waals surface area contributed by atoms with Gasteiger partial charge in [0.1, 0.15) is 11.5 Å². The molecule has 2 amide bonds. The van der Waals surface area contributed by atoms with Gasteiger partial charge in [0.05, 0.1) is 28.9 Å². The van der Waals surface area contributed by atoms with E-state index in [0.717, 1.165) is 43.0 Å². The zero-order chi connectivity index (χ0) is 24.5. The molecular weight excluding hydrogens is 446 g/mol. The Bertz CT molecular complexity index is 1230. The Balaban J connectivity index is 1.31. The monoisotopic (exact) mass is 479 g/mol. The van der Waals surface area contributed by atoms with Crippen molar-refractivity contribution in [2.75, 3.05) is 45.8 Å². The van der Waals surface area contributed by atoms with Gasteiger partial charge in [0.15, 0.2) is 0 Å². The minimum atomic E-state index is -0.0682. The largest absolute Gasteiger partial charge is 0.466 e. The second-order valence-electron chi connectivity index (χ2n) is 9.69. The number of fused-ring (bicyclic) bond motifs is 1. The molecule has 5 heterocycles. The molecule has 0 spiro atoms. The zero-order valence-electron chi connectivity index (χ0n) is 20.8. The van der Waals surface area contributed by atoms with E-state index in [4.69, 9.17) is 8.94 Å². The molecule has 0 aliphatic carbocycles. The number of furan rings is 1. The topological polar surface area (TPSA) is 95.9 Å². The molecule has 0 saturated carbocycles. The van der Waals surface area contributed by atoms with E-state index >= 15 is 0 Å². The summed E-state index contributed by atoms with van der Waals surface area (Å²) >= 11 is 0. The number of hydrogen-bond donors (Lipinski definition) is 0. The number of carbonyl (C=O) groups is 2. The average Bonchev–Trinajstić information content (AvgIpc) is 3.25. The lowest BCUT2D eigenvalue weighted by molar-refractivity contribution is -0.132. The van der Waals surface area contributed by atoms with Crippen molar-refractivity contribution >= 4 is 22.9 Å². The van der Waals surface area contributed by atoms with Crippen molar-refractivity contribution in [3.63, 3.8) is 0 Å². The molecule has 0 N–H and O–H groups in total. The third kappa shape index (κ3) is 4.82. The summed E-state index contributed by atoms with van der Waals surface area (Å²) in [7, 11) is 0. The van der Waals surface area contributed by atoms with Crippen LogP contribution in [0.5, 0.6) is 0 Å². The molecule has 0 bridgehead atoms. The first-order chi connectivity index (χ1) is 16.9. The van der Waals surface area contributed by atoms with Crippen LogP contribution in [0.1, 0.15) is 53.3 Å². The van der Waals surface area contributed by atoms with E-state index in [1.54, 1.807) is 0 Å². The third-order valence-corrected chi connectivity index (χ3v) is 7.14. The summed E-state index contributed by atoms with van der Waals surface area (Å²) < 4.78 is 11.1. The lowest BCUT2D eigenvalue weighted by Gasteiger charge is -2.35. The third-order valence-electron chi connectivity index (χ3n) is 7.14. The fraction of sp³-hybridized carbons (Fsp3) is 0.538. The molecule has 3 aromatic rings. The molecule has 2 aliphatic heterocycles. The normalized spacial score (nSPS) is 17.7. The standard InChI is InChI=1S/C26H33N5O4/c1-17-14-20(19(3)34-17)22-15-21(24-18(2)28-35-25(24)27-22)26(33)31-12-10-29(11-13-31)16-23(32)30-8-6-4-5-7-9-30/h14-15H,4-13,16H2,1-3H3. The minimum absolute atomic E-state index is 0.0682. The molecule has 186 valence electrons.